The lowest BCUT2D eigenvalue weighted by Crippen LogP contribution is -2.59. The molecule has 0 atom stereocenters. The van der Waals surface area contributed by atoms with Gasteiger partial charge in [0.05, 0.1) is 6.26 Å². The fourth-order valence-corrected chi connectivity index (χ4v) is 2.88. The first-order valence-corrected chi connectivity index (χ1v) is 8.01. The molecule has 1 saturated heterocycles. The molecule has 0 spiro atoms. The summed E-state index contributed by atoms with van der Waals surface area (Å²) in [7, 11) is -3.02. The number of sulfonamides is 1. The Balaban J connectivity index is 2.71. The SMILES string of the molecule is CC(C)(C)C(C)(C)N1CCN(S(C)(=O)=O)CC1. The summed E-state index contributed by atoms with van der Waals surface area (Å²) in [4.78, 5) is 2.40. The van der Waals surface area contributed by atoms with Gasteiger partial charge in [0.15, 0.2) is 0 Å². The molecular weight excluding hydrogens is 236 g/mol. The molecule has 0 aromatic carbocycles. The Morgan fingerprint density at radius 1 is 0.882 bits per heavy atom. The van der Waals surface area contributed by atoms with E-state index in [1.165, 1.54) is 6.26 Å². The Morgan fingerprint density at radius 2 is 1.29 bits per heavy atom. The van der Waals surface area contributed by atoms with Gasteiger partial charge in [-0.1, -0.05) is 20.8 Å². The maximum absolute atomic E-state index is 11.4. The summed E-state index contributed by atoms with van der Waals surface area (Å²) in [5.41, 5.74) is 0.261. The lowest BCUT2D eigenvalue weighted by atomic mass is 9.75. The highest BCUT2D eigenvalue weighted by atomic mass is 32.2. The minimum atomic E-state index is -3.02. The Kier molecular flexibility index (Phi) is 3.97. The van der Waals surface area contributed by atoms with Crippen molar-refractivity contribution in [2.75, 3.05) is 32.4 Å². The van der Waals surface area contributed by atoms with Crippen LogP contribution in [0.1, 0.15) is 34.6 Å². The quantitative estimate of drug-likeness (QED) is 0.755. The van der Waals surface area contributed by atoms with Crippen molar-refractivity contribution in [2.45, 2.75) is 40.2 Å². The van der Waals surface area contributed by atoms with Gasteiger partial charge in [0, 0.05) is 31.7 Å². The Bertz CT molecular complexity index is 360. The molecular formula is C12H26N2O2S. The number of hydrogen-bond donors (Lipinski definition) is 0. The van der Waals surface area contributed by atoms with E-state index in [2.05, 4.69) is 39.5 Å². The summed E-state index contributed by atoms with van der Waals surface area (Å²) in [5.74, 6) is 0. The number of piperazine rings is 1. The van der Waals surface area contributed by atoms with Crippen LogP contribution in [0.25, 0.3) is 0 Å². The van der Waals surface area contributed by atoms with Crippen molar-refractivity contribution in [1.29, 1.82) is 0 Å². The zero-order valence-corrected chi connectivity index (χ0v) is 12.8. The van der Waals surface area contributed by atoms with Gasteiger partial charge >= 0.3 is 0 Å². The smallest absolute Gasteiger partial charge is 0.211 e. The first-order valence-electron chi connectivity index (χ1n) is 6.16. The van der Waals surface area contributed by atoms with Crippen LogP contribution in [-0.4, -0.2) is 55.6 Å². The van der Waals surface area contributed by atoms with Gasteiger partial charge in [0.25, 0.3) is 0 Å². The minimum absolute atomic E-state index is 0.0800. The third kappa shape index (κ3) is 3.20. The molecule has 0 aromatic rings. The number of hydrogen-bond acceptors (Lipinski definition) is 3. The van der Waals surface area contributed by atoms with Crippen LogP contribution >= 0.6 is 0 Å². The molecule has 17 heavy (non-hydrogen) atoms. The van der Waals surface area contributed by atoms with Crippen LogP contribution in [0.4, 0.5) is 0 Å². The average Bonchev–Trinajstić information content (AvgIpc) is 2.15. The molecule has 1 fully saturated rings. The molecule has 0 radical (unpaired) electrons. The summed E-state index contributed by atoms with van der Waals surface area (Å²) in [6, 6.07) is 0. The second kappa shape index (κ2) is 4.52. The van der Waals surface area contributed by atoms with E-state index in [0.29, 0.717) is 13.1 Å². The molecule has 0 aromatic heterocycles. The van der Waals surface area contributed by atoms with E-state index in [1.807, 2.05) is 0 Å². The van der Waals surface area contributed by atoms with Crippen LogP contribution in [0.2, 0.25) is 0 Å². The highest BCUT2D eigenvalue weighted by molar-refractivity contribution is 7.88. The van der Waals surface area contributed by atoms with E-state index < -0.39 is 10.0 Å². The van der Waals surface area contributed by atoms with E-state index in [0.717, 1.165) is 13.1 Å². The third-order valence-corrected chi connectivity index (χ3v) is 5.64. The van der Waals surface area contributed by atoms with Crippen molar-refractivity contribution in [2.24, 2.45) is 5.41 Å². The molecule has 1 aliphatic rings. The molecule has 0 unspecified atom stereocenters. The Hall–Kier alpha value is -0.130. The van der Waals surface area contributed by atoms with Crippen molar-refractivity contribution < 1.29 is 8.42 Å². The van der Waals surface area contributed by atoms with Crippen molar-refractivity contribution in [3.63, 3.8) is 0 Å². The van der Waals surface area contributed by atoms with Crippen LogP contribution in [-0.2, 0) is 10.0 Å². The lowest BCUT2D eigenvalue weighted by molar-refractivity contribution is 0.00111. The molecule has 0 saturated carbocycles. The van der Waals surface area contributed by atoms with Crippen LogP contribution in [0.15, 0.2) is 0 Å². The second-order valence-corrected chi connectivity index (χ2v) is 8.44. The first-order chi connectivity index (χ1) is 7.46. The minimum Gasteiger partial charge on any atom is -0.295 e. The highest BCUT2D eigenvalue weighted by Crippen LogP contribution is 2.35. The molecule has 0 N–H and O–H groups in total. The molecule has 1 aliphatic heterocycles. The topological polar surface area (TPSA) is 40.6 Å². The van der Waals surface area contributed by atoms with Gasteiger partial charge in [0.1, 0.15) is 0 Å². The zero-order chi connectivity index (χ0) is 13.5. The monoisotopic (exact) mass is 262 g/mol. The van der Waals surface area contributed by atoms with Gasteiger partial charge in [-0.15, -0.1) is 0 Å². The van der Waals surface area contributed by atoms with Gasteiger partial charge in [-0.2, -0.15) is 4.31 Å². The van der Waals surface area contributed by atoms with Gasteiger partial charge in [-0.25, -0.2) is 8.42 Å². The van der Waals surface area contributed by atoms with Crippen LogP contribution in [0.3, 0.4) is 0 Å². The van der Waals surface area contributed by atoms with Gasteiger partial charge in [-0.05, 0) is 19.3 Å². The van der Waals surface area contributed by atoms with Gasteiger partial charge < -0.3 is 0 Å². The largest absolute Gasteiger partial charge is 0.295 e. The van der Waals surface area contributed by atoms with Crippen molar-refractivity contribution in [3.8, 4) is 0 Å². The predicted octanol–water partition coefficient (Wildman–Crippen LogP) is 1.39. The highest BCUT2D eigenvalue weighted by Gasteiger charge is 2.40. The van der Waals surface area contributed by atoms with Crippen LogP contribution < -0.4 is 0 Å². The van der Waals surface area contributed by atoms with Gasteiger partial charge in [0.2, 0.25) is 10.0 Å². The molecule has 0 amide bonds. The summed E-state index contributed by atoms with van der Waals surface area (Å²) in [6.45, 7) is 14.0. The van der Waals surface area contributed by atoms with E-state index >= 15 is 0 Å². The number of rotatable bonds is 2. The fourth-order valence-electron chi connectivity index (χ4n) is 2.05. The summed E-state index contributed by atoms with van der Waals surface area (Å²) in [6.07, 6.45) is 1.29. The molecule has 1 heterocycles. The van der Waals surface area contributed by atoms with Crippen molar-refractivity contribution >= 4 is 10.0 Å². The molecule has 102 valence electrons. The van der Waals surface area contributed by atoms with Crippen LogP contribution in [0.5, 0.6) is 0 Å². The van der Waals surface area contributed by atoms with E-state index in [1.54, 1.807) is 4.31 Å². The fraction of sp³-hybridized carbons (Fsp3) is 1.00. The maximum atomic E-state index is 11.4. The Labute approximate surface area is 106 Å². The number of nitrogens with zero attached hydrogens (tertiary/aromatic N) is 2. The average molecular weight is 262 g/mol. The molecule has 4 nitrogen and oxygen atoms in total. The van der Waals surface area contributed by atoms with Crippen molar-refractivity contribution in [3.05, 3.63) is 0 Å². The molecule has 1 rings (SSSR count). The zero-order valence-electron chi connectivity index (χ0n) is 11.9. The first kappa shape index (κ1) is 14.9. The lowest BCUT2D eigenvalue weighted by Gasteiger charge is -2.50. The molecule has 0 aliphatic carbocycles. The Morgan fingerprint density at radius 3 is 1.59 bits per heavy atom. The van der Waals surface area contributed by atoms with E-state index in [-0.39, 0.29) is 11.0 Å². The van der Waals surface area contributed by atoms with Crippen LogP contribution in [0, 0.1) is 5.41 Å². The van der Waals surface area contributed by atoms with Gasteiger partial charge in [-0.3, -0.25) is 4.90 Å². The second-order valence-electron chi connectivity index (χ2n) is 6.46. The molecule has 5 heteroatoms. The standard InChI is InChI=1S/C12H26N2O2S/c1-11(2,3)12(4,5)13-7-9-14(10-8-13)17(6,15)16/h7-10H2,1-6H3. The summed E-state index contributed by atoms with van der Waals surface area (Å²) >= 11 is 0. The predicted molar refractivity (Wildman–Crippen MR) is 71.5 cm³/mol. The summed E-state index contributed by atoms with van der Waals surface area (Å²) in [5, 5.41) is 0. The van der Waals surface area contributed by atoms with E-state index in [4.69, 9.17) is 0 Å². The van der Waals surface area contributed by atoms with Crippen molar-refractivity contribution in [1.82, 2.24) is 9.21 Å². The third-order valence-electron chi connectivity index (χ3n) is 4.33. The van der Waals surface area contributed by atoms with E-state index in [9.17, 15) is 8.42 Å². The maximum Gasteiger partial charge on any atom is 0.211 e. The summed E-state index contributed by atoms with van der Waals surface area (Å²) < 4.78 is 24.5. The molecule has 0 bridgehead atoms. The normalized spacial score (nSPS) is 21.8.